The number of nitrogens with two attached hydrogens (primary N) is 2. The van der Waals surface area contributed by atoms with Gasteiger partial charge in [0, 0.05) is 5.75 Å². The van der Waals surface area contributed by atoms with E-state index < -0.39 is 47.8 Å². The van der Waals surface area contributed by atoms with Gasteiger partial charge in [-0.3, -0.25) is 19.2 Å². The van der Waals surface area contributed by atoms with Gasteiger partial charge in [0.15, 0.2) is 0 Å². The Morgan fingerprint density at radius 2 is 1.32 bits per heavy atom. The number of primary amides is 1. The summed E-state index contributed by atoms with van der Waals surface area (Å²) in [5.41, 5.74) is 10.5. The molecule has 0 radical (unpaired) electrons. The molecule has 10 heteroatoms. The first-order valence-electron chi connectivity index (χ1n) is 6.67. The maximum Gasteiger partial charge on any atom is 0.242 e. The normalized spacial score (nSPS) is 15.9. The van der Waals surface area contributed by atoms with Gasteiger partial charge in [0.2, 0.25) is 23.6 Å². The zero-order valence-electron chi connectivity index (χ0n) is 12.8. The molecule has 0 aromatic carbocycles. The minimum absolute atomic E-state index is 0.0442. The first-order valence-corrected chi connectivity index (χ1v) is 7.30. The first-order chi connectivity index (χ1) is 10.1. The summed E-state index contributed by atoms with van der Waals surface area (Å²) in [6.07, 6.45) is 0. The second-order valence-corrected chi connectivity index (χ2v) is 5.26. The van der Waals surface area contributed by atoms with Crippen LogP contribution in [-0.2, 0) is 19.2 Å². The standard InChI is InChI=1S/C12H23N5O4S/c1-5(13)10(19)15-6(2)11(20)16-7(3)12(21)17-8(4-22)9(14)18/h5-8,22H,4,13H2,1-3H3,(H2,14,18)(H,15,19)(H,16,20)(H,17,21)/t5-,6-,7-,8-/m0/s1. The van der Waals surface area contributed by atoms with Gasteiger partial charge >= 0.3 is 0 Å². The lowest BCUT2D eigenvalue weighted by Crippen LogP contribution is -2.56. The molecule has 7 N–H and O–H groups in total. The fourth-order valence-corrected chi connectivity index (χ4v) is 1.59. The maximum atomic E-state index is 11.9. The number of hydrogen-bond acceptors (Lipinski definition) is 6. The molecule has 4 amide bonds. The van der Waals surface area contributed by atoms with Crippen molar-refractivity contribution in [2.45, 2.75) is 44.9 Å². The number of hydrogen-bond donors (Lipinski definition) is 6. The molecule has 4 atom stereocenters. The number of rotatable bonds is 8. The summed E-state index contributed by atoms with van der Waals surface area (Å²) in [7, 11) is 0. The van der Waals surface area contributed by atoms with Gasteiger partial charge in [-0.05, 0) is 20.8 Å². The van der Waals surface area contributed by atoms with Crippen LogP contribution >= 0.6 is 12.6 Å². The molecule has 0 rings (SSSR count). The Hall–Kier alpha value is -1.81. The van der Waals surface area contributed by atoms with Crippen LogP contribution in [0.4, 0.5) is 0 Å². The molecule has 0 aromatic heterocycles. The number of amides is 4. The summed E-state index contributed by atoms with van der Waals surface area (Å²) in [6, 6.07) is -3.44. The van der Waals surface area contributed by atoms with E-state index in [2.05, 4.69) is 28.6 Å². The van der Waals surface area contributed by atoms with E-state index in [9.17, 15) is 19.2 Å². The quantitative estimate of drug-likeness (QED) is 0.265. The monoisotopic (exact) mass is 333 g/mol. The van der Waals surface area contributed by atoms with Crippen molar-refractivity contribution in [3.05, 3.63) is 0 Å². The lowest BCUT2D eigenvalue weighted by atomic mass is 10.2. The van der Waals surface area contributed by atoms with Crippen molar-refractivity contribution < 1.29 is 19.2 Å². The Morgan fingerprint density at radius 3 is 1.68 bits per heavy atom. The molecule has 0 saturated heterocycles. The molecule has 0 saturated carbocycles. The molecule has 0 unspecified atom stereocenters. The van der Waals surface area contributed by atoms with Gasteiger partial charge in [0.05, 0.1) is 6.04 Å². The molecule has 126 valence electrons. The van der Waals surface area contributed by atoms with Crippen molar-refractivity contribution in [1.82, 2.24) is 16.0 Å². The second-order valence-electron chi connectivity index (χ2n) is 4.90. The van der Waals surface area contributed by atoms with Gasteiger partial charge in [-0.25, -0.2) is 0 Å². The zero-order valence-corrected chi connectivity index (χ0v) is 13.6. The van der Waals surface area contributed by atoms with Crippen molar-refractivity contribution in [1.29, 1.82) is 0 Å². The van der Waals surface area contributed by atoms with E-state index in [0.717, 1.165) is 0 Å². The number of carbonyl (C=O) groups excluding carboxylic acids is 4. The van der Waals surface area contributed by atoms with E-state index >= 15 is 0 Å². The lowest BCUT2D eigenvalue weighted by molar-refractivity contribution is -0.132. The first kappa shape index (κ1) is 20.2. The minimum Gasteiger partial charge on any atom is -0.368 e. The number of thiol groups is 1. The maximum absolute atomic E-state index is 11.9. The predicted molar refractivity (Wildman–Crippen MR) is 83.8 cm³/mol. The van der Waals surface area contributed by atoms with Crippen molar-refractivity contribution in [2.24, 2.45) is 11.5 Å². The topological polar surface area (TPSA) is 156 Å². The fraction of sp³-hybridized carbons (Fsp3) is 0.667. The third-order valence-corrected chi connectivity index (χ3v) is 3.13. The van der Waals surface area contributed by atoms with Gasteiger partial charge in [-0.2, -0.15) is 12.6 Å². The molecule has 0 aliphatic rings. The van der Waals surface area contributed by atoms with Crippen molar-refractivity contribution >= 4 is 36.3 Å². The van der Waals surface area contributed by atoms with Crippen LogP contribution in [0, 0.1) is 0 Å². The van der Waals surface area contributed by atoms with Crippen LogP contribution in [-0.4, -0.2) is 53.5 Å². The summed E-state index contributed by atoms with van der Waals surface area (Å²) in [5.74, 6) is -2.30. The summed E-state index contributed by atoms with van der Waals surface area (Å²) in [6.45, 7) is 4.38. The Labute approximate surface area is 134 Å². The molecule has 22 heavy (non-hydrogen) atoms. The molecule has 0 aliphatic carbocycles. The van der Waals surface area contributed by atoms with Crippen molar-refractivity contribution in [3.8, 4) is 0 Å². The molecular formula is C12H23N5O4S. The highest BCUT2D eigenvalue weighted by Crippen LogP contribution is 1.92. The van der Waals surface area contributed by atoms with Crippen LogP contribution in [0.1, 0.15) is 20.8 Å². The number of nitrogens with one attached hydrogen (secondary N) is 3. The van der Waals surface area contributed by atoms with Gasteiger partial charge in [-0.1, -0.05) is 0 Å². The second kappa shape index (κ2) is 9.26. The average molecular weight is 333 g/mol. The SMILES string of the molecule is C[C@H](N)C(=O)N[C@@H](C)C(=O)N[C@@H](C)C(=O)N[C@@H](CS)C(N)=O. The molecule has 0 fully saturated rings. The van der Waals surface area contributed by atoms with E-state index in [1.54, 1.807) is 0 Å². The van der Waals surface area contributed by atoms with Crippen LogP contribution in [0.2, 0.25) is 0 Å². The Balaban J connectivity index is 4.48. The molecule has 0 aliphatic heterocycles. The van der Waals surface area contributed by atoms with Gasteiger partial charge in [0.25, 0.3) is 0 Å². The molecule has 0 spiro atoms. The minimum atomic E-state index is -0.926. The molecule has 9 nitrogen and oxygen atoms in total. The Bertz CT molecular complexity index is 443. The molecule has 0 aromatic rings. The lowest BCUT2D eigenvalue weighted by Gasteiger charge is -2.20. The van der Waals surface area contributed by atoms with Gasteiger partial charge < -0.3 is 27.4 Å². The van der Waals surface area contributed by atoms with E-state index in [1.807, 2.05) is 0 Å². The summed E-state index contributed by atoms with van der Waals surface area (Å²) in [4.78, 5) is 46.1. The smallest absolute Gasteiger partial charge is 0.242 e. The van der Waals surface area contributed by atoms with E-state index in [1.165, 1.54) is 20.8 Å². The fourth-order valence-electron chi connectivity index (χ4n) is 1.32. The highest BCUT2D eigenvalue weighted by molar-refractivity contribution is 7.80. The largest absolute Gasteiger partial charge is 0.368 e. The van der Waals surface area contributed by atoms with Crippen LogP contribution < -0.4 is 27.4 Å². The van der Waals surface area contributed by atoms with E-state index in [0.29, 0.717) is 0 Å². The van der Waals surface area contributed by atoms with Crippen LogP contribution in [0.25, 0.3) is 0 Å². The molecule has 0 heterocycles. The summed E-state index contributed by atoms with van der Waals surface area (Å²) in [5, 5.41) is 7.17. The van der Waals surface area contributed by atoms with Crippen LogP contribution in [0.3, 0.4) is 0 Å². The molecule has 0 bridgehead atoms. The third-order valence-electron chi connectivity index (χ3n) is 2.76. The van der Waals surface area contributed by atoms with E-state index in [-0.39, 0.29) is 5.75 Å². The highest BCUT2D eigenvalue weighted by Gasteiger charge is 2.24. The number of carbonyl (C=O) groups is 4. The average Bonchev–Trinajstić information content (AvgIpc) is 2.43. The summed E-state index contributed by atoms with van der Waals surface area (Å²) < 4.78 is 0. The van der Waals surface area contributed by atoms with Crippen molar-refractivity contribution in [2.75, 3.05) is 5.75 Å². The van der Waals surface area contributed by atoms with Gasteiger partial charge in [-0.15, -0.1) is 0 Å². The van der Waals surface area contributed by atoms with Crippen LogP contribution in [0.15, 0.2) is 0 Å². The summed E-state index contributed by atoms with van der Waals surface area (Å²) >= 11 is 3.90. The molecular weight excluding hydrogens is 310 g/mol. The van der Waals surface area contributed by atoms with E-state index in [4.69, 9.17) is 11.5 Å². The van der Waals surface area contributed by atoms with Gasteiger partial charge in [0.1, 0.15) is 18.1 Å². The third kappa shape index (κ3) is 6.76. The van der Waals surface area contributed by atoms with Crippen molar-refractivity contribution in [3.63, 3.8) is 0 Å². The predicted octanol–water partition coefficient (Wildman–Crippen LogP) is -2.76. The highest BCUT2D eigenvalue weighted by atomic mass is 32.1. The Kier molecular flexibility index (Phi) is 8.50. The Morgan fingerprint density at radius 1 is 0.909 bits per heavy atom. The van der Waals surface area contributed by atoms with Crippen LogP contribution in [0.5, 0.6) is 0 Å². The zero-order chi connectivity index (χ0) is 17.4.